The Balaban J connectivity index is 4.40. The maximum atomic E-state index is 12.8. The maximum absolute atomic E-state index is 12.8. The van der Waals surface area contributed by atoms with Gasteiger partial charge in [-0.15, -0.1) is 0 Å². The van der Waals surface area contributed by atoms with Gasteiger partial charge in [0, 0.05) is 19.3 Å². The largest absolute Gasteiger partial charge is 0.462 e. The van der Waals surface area contributed by atoms with E-state index >= 15 is 0 Å². The van der Waals surface area contributed by atoms with Crippen LogP contribution in [0.4, 0.5) is 0 Å². The Morgan fingerprint density at radius 1 is 0.328 bits per heavy atom. The van der Waals surface area contributed by atoms with Crippen molar-refractivity contribution in [2.75, 3.05) is 13.2 Å². The highest BCUT2D eigenvalue weighted by Gasteiger charge is 2.19. The summed E-state index contributed by atoms with van der Waals surface area (Å²) in [5, 5.41) is 0. The molecule has 1 atom stereocenters. The van der Waals surface area contributed by atoms with Crippen LogP contribution in [0.1, 0.15) is 258 Å². The fourth-order valence-electron chi connectivity index (χ4n) is 7.36. The molecule has 0 aliphatic rings. The average molecular weight is 893 g/mol. The van der Waals surface area contributed by atoms with Crippen molar-refractivity contribution in [3.05, 3.63) is 72.9 Å². The molecule has 1 unspecified atom stereocenters. The molecule has 0 radical (unpaired) electrons. The summed E-state index contributed by atoms with van der Waals surface area (Å²) in [6.45, 7) is 6.46. The summed E-state index contributed by atoms with van der Waals surface area (Å²) in [6, 6.07) is 0. The van der Waals surface area contributed by atoms with Crippen LogP contribution in [0.2, 0.25) is 0 Å². The molecule has 0 spiro atoms. The second-order valence-electron chi connectivity index (χ2n) is 17.7. The zero-order chi connectivity index (χ0) is 46.5. The van der Waals surface area contributed by atoms with Crippen molar-refractivity contribution in [3.8, 4) is 0 Å². The molecule has 0 saturated heterocycles. The molecule has 0 aliphatic carbocycles. The lowest BCUT2D eigenvalue weighted by Gasteiger charge is -2.18. The van der Waals surface area contributed by atoms with E-state index in [0.29, 0.717) is 19.3 Å². The molecule has 0 aromatic heterocycles. The number of carbonyl (C=O) groups is 3. The fraction of sp³-hybridized carbons (Fsp3) is 0.741. The van der Waals surface area contributed by atoms with Crippen molar-refractivity contribution in [1.82, 2.24) is 0 Å². The smallest absolute Gasteiger partial charge is 0.306 e. The number of allylic oxidation sites excluding steroid dienone is 12. The van der Waals surface area contributed by atoms with Crippen LogP contribution in [-0.2, 0) is 28.6 Å². The third-order valence-corrected chi connectivity index (χ3v) is 11.4. The zero-order valence-corrected chi connectivity index (χ0v) is 42.0. The Hall–Kier alpha value is -3.15. The number of rotatable bonds is 48. The summed E-state index contributed by atoms with van der Waals surface area (Å²) in [5.41, 5.74) is 0. The van der Waals surface area contributed by atoms with Crippen molar-refractivity contribution in [3.63, 3.8) is 0 Å². The number of carbonyl (C=O) groups excluding carboxylic acids is 3. The van der Waals surface area contributed by atoms with Gasteiger partial charge in [0.15, 0.2) is 6.10 Å². The fourth-order valence-corrected chi connectivity index (χ4v) is 7.36. The molecule has 0 aromatic carbocycles. The van der Waals surface area contributed by atoms with Gasteiger partial charge in [0.25, 0.3) is 0 Å². The van der Waals surface area contributed by atoms with Gasteiger partial charge < -0.3 is 14.2 Å². The monoisotopic (exact) mass is 893 g/mol. The first-order valence-corrected chi connectivity index (χ1v) is 26.9. The van der Waals surface area contributed by atoms with E-state index in [2.05, 4.69) is 93.7 Å². The zero-order valence-electron chi connectivity index (χ0n) is 42.0. The molecule has 6 nitrogen and oxygen atoms in total. The van der Waals surface area contributed by atoms with Crippen LogP contribution in [0.25, 0.3) is 0 Å². The van der Waals surface area contributed by atoms with Gasteiger partial charge in [-0.3, -0.25) is 14.4 Å². The third-order valence-electron chi connectivity index (χ3n) is 11.4. The topological polar surface area (TPSA) is 78.9 Å². The van der Waals surface area contributed by atoms with Crippen molar-refractivity contribution in [2.24, 2.45) is 0 Å². The molecule has 0 fully saturated rings. The number of ether oxygens (including phenoxy) is 3. The number of hydrogen-bond donors (Lipinski definition) is 0. The van der Waals surface area contributed by atoms with E-state index in [1.807, 2.05) is 0 Å². The van der Waals surface area contributed by atoms with E-state index < -0.39 is 6.10 Å². The van der Waals surface area contributed by atoms with E-state index in [1.165, 1.54) is 116 Å². The Morgan fingerprint density at radius 2 is 0.609 bits per heavy atom. The molecule has 0 bridgehead atoms. The Labute approximate surface area is 395 Å². The third kappa shape index (κ3) is 49.9. The van der Waals surface area contributed by atoms with Crippen LogP contribution in [0.5, 0.6) is 0 Å². The summed E-state index contributed by atoms with van der Waals surface area (Å²) in [7, 11) is 0. The number of unbranched alkanes of at least 4 members (excludes halogenated alkanes) is 25. The lowest BCUT2D eigenvalue weighted by atomic mass is 10.1. The van der Waals surface area contributed by atoms with Crippen LogP contribution in [0.15, 0.2) is 72.9 Å². The van der Waals surface area contributed by atoms with Crippen LogP contribution >= 0.6 is 0 Å². The highest BCUT2D eigenvalue weighted by molar-refractivity contribution is 5.71. The number of hydrogen-bond acceptors (Lipinski definition) is 6. The number of esters is 3. The van der Waals surface area contributed by atoms with Crippen LogP contribution in [0.3, 0.4) is 0 Å². The molecule has 6 heteroatoms. The van der Waals surface area contributed by atoms with Gasteiger partial charge in [0.05, 0.1) is 0 Å². The Bertz CT molecular complexity index is 1210. The van der Waals surface area contributed by atoms with Crippen molar-refractivity contribution >= 4 is 17.9 Å². The second-order valence-corrected chi connectivity index (χ2v) is 17.7. The predicted molar refractivity (Wildman–Crippen MR) is 274 cm³/mol. The van der Waals surface area contributed by atoms with Crippen LogP contribution in [-0.4, -0.2) is 37.2 Å². The summed E-state index contributed by atoms with van der Waals surface area (Å²) in [4.78, 5) is 38.0. The molecule has 0 aliphatic heterocycles. The standard InChI is InChI=1S/C58H100O6/c1-4-7-10-13-16-19-22-25-27-28-29-30-31-34-36-39-42-45-48-51-57(60)63-54-55(53-62-56(59)50-47-44-41-38-35-32-24-21-18-15-12-9-6-3)64-58(61)52-49-46-43-40-37-33-26-23-20-17-14-11-8-5-2/h9,12,16,18-19,21,23,25-27,32,35,55H,4-8,10-11,13-15,17,20,22,24,28-31,33-34,36-54H2,1-3H3/b12-9-,19-16-,21-18-,26-23-,27-25-,35-32-. The van der Waals surface area contributed by atoms with Gasteiger partial charge in [-0.1, -0.05) is 203 Å². The molecule has 64 heavy (non-hydrogen) atoms. The predicted octanol–water partition coefficient (Wildman–Crippen LogP) is 17.8. The highest BCUT2D eigenvalue weighted by atomic mass is 16.6. The van der Waals surface area contributed by atoms with Gasteiger partial charge in [0.1, 0.15) is 13.2 Å². The van der Waals surface area contributed by atoms with E-state index in [4.69, 9.17) is 14.2 Å². The van der Waals surface area contributed by atoms with E-state index in [0.717, 1.165) is 103 Å². The molecule has 0 amide bonds. The lowest BCUT2D eigenvalue weighted by Crippen LogP contribution is -2.30. The molecule has 0 aromatic rings. The van der Waals surface area contributed by atoms with Gasteiger partial charge in [-0.25, -0.2) is 0 Å². The van der Waals surface area contributed by atoms with Crippen LogP contribution < -0.4 is 0 Å². The molecule has 0 N–H and O–H groups in total. The normalized spacial score (nSPS) is 12.6. The minimum Gasteiger partial charge on any atom is -0.462 e. The molecular formula is C58H100O6. The minimum atomic E-state index is -0.793. The van der Waals surface area contributed by atoms with E-state index in [9.17, 15) is 14.4 Å². The summed E-state index contributed by atoms with van der Waals surface area (Å²) < 4.78 is 16.8. The first kappa shape index (κ1) is 60.9. The van der Waals surface area contributed by atoms with Gasteiger partial charge in [0.2, 0.25) is 0 Å². The minimum absolute atomic E-state index is 0.0902. The summed E-state index contributed by atoms with van der Waals surface area (Å²) in [6.07, 6.45) is 66.0. The van der Waals surface area contributed by atoms with Gasteiger partial charge in [-0.05, 0) is 109 Å². The maximum Gasteiger partial charge on any atom is 0.306 e. The van der Waals surface area contributed by atoms with Crippen molar-refractivity contribution < 1.29 is 28.6 Å². The molecule has 368 valence electrons. The quantitative estimate of drug-likeness (QED) is 0.0262. The lowest BCUT2D eigenvalue weighted by molar-refractivity contribution is -0.167. The highest BCUT2D eigenvalue weighted by Crippen LogP contribution is 2.14. The Kier molecular flexibility index (Phi) is 49.9. The van der Waals surface area contributed by atoms with Gasteiger partial charge >= 0.3 is 17.9 Å². The SMILES string of the molecule is CC/C=C\C/C=C\C/C=C\CCCCCC(=O)OCC(COC(=O)CCCCCCCCCCC/C=C\C/C=C\CCCCC)OC(=O)CCCCCCC/C=C\CCCCCCC. The van der Waals surface area contributed by atoms with Crippen molar-refractivity contribution in [1.29, 1.82) is 0 Å². The Morgan fingerprint density at radius 3 is 1.02 bits per heavy atom. The molecule has 0 saturated carbocycles. The molecule has 0 heterocycles. The molecular weight excluding hydrogens is 793 g/mol. The first-order chi connectivity index (χ1) is 31.5. The van der Waals surface area contributed by atoms with E-state index in [1.54, 1.807) is 0 Å². The second kappa shape index (κ2) is 52.5. The van der Waals surface area contributed by atoms with Gasteiger partial charge in [-0.2, -0.15) is 0 Å². The van der Waals surface area contributed by atoms with Crippen molar-refractivity contribution in [2.45, 2.75) is 264 Å². The summed E-state index contributed by atoms with van der Waals surface area (Å²) in [5.74, 6) is -0.930. The van der Waals surface area contributed by atoms with Crippen LogP contribution in [0, 0.1) is 0 Å². The average Bonchev–Trinajstić information content (AvgIpc) is 3.29. The first-order valence-electron chi connectivity index (χ1n) is 26.9. The summed E-state index contributed by atoms with van der Waals surface area (Å²) >= 11 is 0. The molecule has 0 rings (SSSR count). The van der Waals surface area contributed by atoms with E-state index in [-0.39, 0.29) is 31.1 Å².